The molecule has 0 radical (unpaired) electrons. The van der Waals surface area contributed by atoms with Crippen LogP contribution in [0, 0.1) is 0 Å². The molecule has 0 saturated heterocycles. The van der Waals surface area contributed by atoms with E-state index in [-0.39, 0.29) is 11.9 Å². The van der Waals surface area contributed by atoms with Crippen molar-refractivity contribution in [3.63, 3.8) is 0 Å². The van der Waals surface area contributed by atoms with Crippen LogP contribution in [-0.2, 0) is 6.18 Å². The van der Waals surface area contributed by atoms with Crippen LogP contribution in [0.5, 0.6) is 0 Å². The molecule has 0 saturated carbocycles. The average molecular weight is 393 g/mol. The number of hydrogen-bond acceptors (Lipinski definition) is 5. The summed E-state index contributed by atoms with van der Waals surface area (Å²) >= 11 is 1.61. The summed E-state index contributed by atoms with van der Waals surface area (Å²) < 4.78 is 43.1. The first-order valence-corrected chi connectivity index (χ1v) is 8.90. The Morgan fingerprint density at radius 2 is 1.89 bits per heavy atom. The number of nitrogens with zero attached hydrogens (tertiary/aromatic N) is 2. The van der Waals surface area contributed by atoms with Gasteiger partial charge in [0.2, 0.25) is 5.89 Å². The van der Waals surface area contributed by atoms with Gasteiger partial charge in [-0.05, 0) is 48.2 Å². The van der Waals surface area contributed by atoms with Gasteiger partial charge in [-0.1, -0.05) is 18.1 Å². The number of carbonyl (C=O) groups is 1. The summed E-state index contributed by atoms with van der Waals surface area (Å²) in [6.45, 7) is 2.01. The fourth-order valence-electron chi connectivity index (χ4n) is 2.26. The number of amides is 1. The zero-order chi connectivity index (χ0) is 19.4. The van der Waals surface area contributed by atoms with E-state index in [4.69, 9.17) is 4.42 Å². The zero-order valence-corrected chi connectivity index (χ0v) is 14.9. The molecule has 140 valence electrons. The maximum Gasteiger partial charge on any atom is 0.416 e. The molecular weight excluding hydrogens is 379 g/mol. The van der Waals surface area contributed by atoms with Crippen molar-refractivity contribution in [3.05, 3.63) is 59.7 Å². The number of aromatic nitrogens is 2. The van der Waals surface area contributed by atoms with Crippen molar-refractivity contribution in [2.75, 3.05) is 11.1 Å². The van der Waals surface area contributed by atoms with Gasteiger partial charge < -0.3 is 4.42 Å². The normalized spacial score (nSPS) is 11.4. The van der Waals surface area contributed by atoms with Crippen molar-refractivity contribution in [2.24, 2.45) is 0 Å². The Kier molecular flexibility index (Phi) is 5.50. The van der Waals surface area contributed by atoms with Gasteiger partial charge in [-0.3, -0.25) is 10.1 Å². The monoisotopic (exact) mass is 393 g/mol. The molecule has 1 heterocycles. The number of nitrogens with one attached hydrogen (secondary N) is 1. The molecule has 0 bridgehead atoms. The van der Waals surface area contributed by atoms with E-state index in [2.05, 4.69) is 15.5 Å². The van der Waals surface area contributed by atoms with Crippen molar-refractivity contribution in [1.82, 2.24) is 10.2 Å². The van der Waals surface area contributed by atoms with Gasteiger partial charge in [-0.2, -0.15) is 13.2 Å². The summed E-state index contributed by atoms with van der Waals surface area (Å²) in [6.07, 6.45) is -4.42. The molecule has 3 aromatic rings. The molecule has 2 aromatic carbocycles. The predicted molar refractivity (Wildman–Crippen MR) is 95.5 cm³/mol. The van der Waals surface area contributed by atoms with E-state index in [1.54, 1.807) is 30.0 Å². The molecule has 0 atom stereocenters. The molecular formula is C18H14F3N3O2S. The fourth-order valence-corrected chi connectivity index (χ4v) is 2.97. The van der Waals surface area contributed by atoms with Crippen molar-refractivity contribution in [1.29, 1.82) is 0 Å². The second-order valence-electron chi connectivity index (χ2n) is 5.40. The van der Waals surface area contributed by atoms with Crippen LogP contribution in [0.15, 0.2) is 57.8 Å². The molecule has 1 amide bonds. The number of thioether (sulfide) groups is 1. The van der Waals surface area contributed by atoms with Gasteiger partial charge in [-0.15, -0.1) is 16.9 Å². The SMILES string of the molecule is CCSc1cccc(C(=O)Nc2nnc(-c3ccc(C(F)(F)F)cc3)o2)c1. The third-order valence-electron chi connectivity index (χ3n) is 3.51. The molecule has 9 heteroatoms. The third-order valence-corrected chi connectivity index (χ3v) is 4.39. The Morgan fingerprint density at radius 1 is 1.15 bits per heavy atom. The first kappa shape index (κ1) is 19.0. The highest BCUT2D eigenvalue weighted by Gasteiger charge is 2.30. The van der Waals surface area contributed by atoms with Crippen LogP contribution in [0.2, 0.25) is 0 Å². The smallest absolute Gasteiger partial charge is 0.403 e. The Morgan fingerprint density at radius 3 is 2.56 bits per heavy atom. The summed E-state index contributed by atoms with van der Waals surface area (Å²) in [5.41, 5.74) is -0.0239. The van der Waals surface area contributed by atoms with E-state index in [0.29, 0.717) is 11.1 Å². The second-order valence-corrected chi connectivity index (χ2v) is 6.74. The van der Waals surface area contributed by atoms with Crippen LogP contribution in [-0.4, -0.2) is 21.9 Å². The second kappa shape index (κ2) is 7.83. The third kappa shape index (κ3) is 4.68. The van der Waals surface area contributed by atoms with E-state index in [1.165, 1.54) is 12.1 Å². The van der Waals surface area contributed by atoms with E-state index < -0.39 is 17.6 Å². The van der Waals surface area contributed by atoms with E-state index in [9.17, 15) is 18.0 Å². The Labute approximate surface area is 157 Å². The largest absolute Gasteiger partial charge is 0.416 e. The Hall–Kier alpha value is -2.81. The molecule has 5 nitrogen and oxygen atoms in total. The van der Waals surface area contributed by atoms with Gasteiger partial charge >= 0.3 is 12.2 Å². The number of carbonyl (C=O) groups excluding carboxylic acids is 1. The van der Waals surface area contributed by atoms with Crippen LogP contribution in [0.4, 0.5) is 19.2 Å². The van der Waals surface area contributed by atoms with E-state index in [0.717, 1.165) is 22.8 Å². The van der Waals surface area contributed by atoms with Crippen molar-refractivity contribution in [2.45, 2.75) is 18.0 Å². The number of anilines is 1. The van der Waals surface area contributed by atoms with Crippen molar-refractivity contribution in [3.8, 4) is 11.5 Å². The number of alkyl halides is 3. The lowest BCUT2D eigenvalue weighted by Gasteiger charge is -2.06. The van der Waals surface area contributed by atoms with Gasteiger partial charge in [0.25, 0.3) is 5.91 Å². The maximum absolute atomic E-state index is 12.6. The summed E-state index contributed by atoms with van der Waals surface area (Å²) in [6, 6.07) is 11.3. The quantitative estimate of drug-likeness (QED) is 0.610. The highest BCUT2D eigenvalue weighted by atomic mass is 32.2. The molecule has 0 aliphatic heterocycles. The van der Waals surface area contributed by atoms with Crippen molar-refractivity contribution < 1.29 is 22.4 Å². The van der Waals surface area contributed by atoms with E-state index >= 15 is 0 Å². The van der Waals surface area contributed by atoms with Crippen LogP contribution in [0.25, 0.3) is 11.5 Å². The van der Waals surface area contributed by atoms with Gasteiger partial charge in [0.05, 0.1) is 5.56 Å². The standard InChI is InChI=1S/C18H14F3N3O2S/c1-2-27-14-5-3-4-12(10-14)15(25)22-17-24-23-16(26-17)11-6-8-13(9-7-11)18(19,20)21/h3-10H,2H2,1H3,(H,22,24,25). The van der Waals surface area contributed by atoms with Crippen molar-refractivity contribution >= 4 is 23.7 Å². The van der Waals surface area contributed by atoms with Crippen LogP contribution >= 0.6 is 11.8 Å². The lowest BCUT2D eigenvalue weighted by atomic mass is 10.1. The minimum atomic E-state index is -4.42. The van der Waals surface area contributed by atoms with Crippen LogP contribution in [0.3, 0.4) is 0 Å². The molecule has 0 spiro atoms. The number of benzene rings is 2. The highest BCUT2D eigenvalue weighted by molar-refractivity contribution is 7.99. The summed E-state index contributed by atoms with van der Waals surface area (Å²) in [4.78, 5) is 13.3. The van der Waals surface area contributed by atoms with Crippen LogP contribution in [0.1, 0.15) is 22.8 Å². The average Bonchev–Trinajstić information content (AvgIpc) is 3.10. The summed E-state index contributed by atoms with van der Waals surface area (Å²) in [7, 11) is 0. The zero-order valence-electron chi connectivity index (χ0n) is 14.1. The lowest BCUT2D eigenvalue weighted by molar-refractivity contribution is -0.137. The van der Waals surface area contributed by atoms with Gasteiger partial charge in [0, 0.05) is 16.0 Å². The molecule has 0 unspecified atom stereocenters. The van der Waals surface area contributed by atoms with Crippen LogP contribution < -0.4 is 5.32 Å². The Bertz CT molecular complexity index is 940. The minimum Gasteiger partial charge on any atom is -0.403 e. The molecule has 27 heavy (non-hydrogen) atoms. The number of halogens is 3. The minimum absolute atomic E-state index is 0.00862. The molecule has 1 aromatic heterocycles. The molecule has 0 fully saturated rings. The molecule has 0 aliphatic rings. The molecule has 0 aliphatic carbocycles. The first-order chi connectivity index (χ1) is 12.9. The number of rotatable bonds is 5. The molecule has 1 N–H and O–H groups in total. The summed E-state index contributed by atoms with van der Waals surface area (Å²) in [5, 5.41) is 9.95. The topological polar surface area (TPSA) is 68.0 Å². The lowest BCUT2D eigenvalue weighted by Crippen LogP contribution is -2.12. The van der Waals surface area contributed by atoms with Gasteiger partial charge in [-0.25, -0.2) is 0 Å². The highest BCUT2D eigenvalue weighted by Crippen LogP contribution is 2.31. The molecule has 3 rings (SSSR count). The maximum atomic E-state index is 12.6. The van der Waals surface area contributed by atoms with Gasteiger partial charge in [0.15, 0.2) is 0 Å². The number of hydrogen-bond donors (Lipinski definition) is 1. The summed E-state index contributed by atoms with van der Waals surface area (Å²) in [5.74, 6) is 0.469. The predicted octanol–water partition coefficient (Wildman–Crippen LogP) is 5.12. The fraction of sp³-hybridized carbons (Fsp3) is 0.167. The van der Waals surface area contributed by atoms with Gasteiger partial charge in [0.1, 0.15) is 0 Å². The van der Waals surface area contributed by atoms with E-state index in [1.807, 2.05) is 13.0 Å². The Balaban J connectivity index is 1.72. The first-order valence-electron chi connectivity index (χ1n) is 7.92.